The molecule has 2 saturated heterocycles. The van der Waals surface area contributed by atoms with Gasteiger partial charge in [0.15, 0.2) is 6.10 Å². The number of carbonyl (C=O) groups excluding carboxylic acids is 5. The molecule has 0 unspecified atom stereocenters. The summed E-state index contributed by atoms with van der Waals surface area (Å²) in [6, 6.07) is 4.37. The smallest absolute Gasteiger partial charge is 0.410 e. The number of hydrogen-bond donors (Lipinski definition) is 6. The summed E-state index contributed by atoms with van der Waals surface area (Å²) >= 11 is 0. The summed E-state index contributed by atoms with van der Waals surface area (Å²) in [5.41, 5.74) is 0.498. The lowest BCUT2D eigenvalue weighted by Crippen LogP contribution is -2.53. The zero-order valence-corrected chi connectivity index (χ0v) is 27.6. The first-order valence-electron chi connectivity index (χ1n) is 16.4. The van der Waals surface area contributed by atoms with Crippen LogP contribution in [0.3, 0.4) is 0 Å². The second kappa shape index (κ2) is 18.1. The molecule has 3 aliphatic heterocycles. The van der Waals surface area contributed by atoms with Crippen LogP contribution in [0.1, 0.15) is 44.1 Å². The number of nitrogens with zero attached hydrogens (tertiary/aromatic N) is 3. The highest BCUT2D eigenvalue weighted by molar-refractivity contribution is 6.12. The van der Waals surface area contributed by atoms with Crippen LogP contribution in [-0.4, -0.2) is 141 Å². The molecule has 19 nitrogen and oxygen atoms in total. The van der Waals surface area contributed by atoms with Crippen molar-refractivity contribution in [2.24, 2.45) is 0 Å². The van der Waals surface area contributed by atoms with Crippen molar-refractivity contribution < 1.29 is 68.2 Å². The highest BCUT2D eigenvalue weighted by atomic mass is 16.7. The molecule has 6 amide bonds. The molecule has 19 heteroatoms. The van der Waals surface area contributed by atoms with E-state index >= 15 is 0 Å². The van der Waals surface area contributed by atoms with Gasteiger partial charge in [0.2, 0.25) is 18.1 Å². The Hall–Kier alpha value is -5.27. The number of benzene rings is 1. The number of piperazine rings is 1. The van der Waals surface area contributed by atoms with Crippen molar-refractivity contribution in [1.29, 1.82) is 0 Å². The van der Waals surface area contributed by atoms with E-state index < -0.39 is 48.7 Å². The number of anilines is 1. The van der Waals surface area contributed by atoms with Crippen LogP contribution in [0.5, 0.6) is 5.75 Å². The van der Waals surface area contributed by atoms with Crippen LogP contribution in [0.4, 0.5) is 15.3 Å². The van der Waals surface area contributed by atoms with E-state index in [1.165, 1.54) is 40.2 Å². The molecule has 6 N–H and O–H groups in total. The number of carboxylic acids is 1. The number of carboxylic acid groups (broad SMARTS) is 2. The third-order valence-electron chi connectivity index (χ3n) is 8.29. The first kappa shape index (κ1) is 38.5. The minimum absolute atomic E-state index is 0.00807. The van der Waals surface area contributed by atoms with Gasteiger partial charge in [0, 0.05) is 70.7 Å². The molecule has 4 atom stereocenters. The van der Waals surface area contributed by atoms with Crippen molar-refractivity contribution in [3.8, 4) is 5.75 Å². The number of imide groups is 1. The molecule has 0 spiro atoms. The van der Waals surface area contributed by atoms with E-state index in [4.69, 9.17) is 19.3 Å². The molecule has 4 rings (SSSR count). The van der Waals surface area contributed by atoms with Gasteiger partial charge in [0.25, 0.3) is 11.8 Å². The number of aliphatic carboxylic acids is 1. The number of amides is 6. The van der Waals surface area contributed by atoms with Crippen molar-refractivity contribution in [3.63, 3.8) is 0 Å². The molecular formula is C32H41N5O14. The molecule has 3 heterocycles. The number of aliphatic hydroxyl groups is 2. The number of aliphatic hydroxyl groups excluding tert-OH is 2. The summed E-state index contributed by atoms with van der Waals surface area (Å²) in [6.45, 7) is 0.591. The maximum Gasteiger partial charge on any atom is 0.410 e. The Bertz CT molecular complexity index is 1490. The molecule has 0 saturated carbocycles. The summed E-state index contributed by atoms with van der Waals surface area (Å²) < 4.78 is 16.5. The Kier molecular flexibility index (Phi) is 13.7. The van der Waals surface area contributed by atoms with Crippen molar-refractivity contribution in [1.82, 2.24) is 20.0 Å². The van der Waals surface area contributed by atoms with Gasteiger partial charge in [-0.25, -0.2) is 14.4 Å². The van der Waals surface area contributed by atoms with E-state index in [1.807, 2.05) is 0 Å². The van der Waals surface area contributed by atoms with Crippen LogP contribution >= 0.6 is 0 Å². The Morgan fingerprint density at radius 1 is 0.882 bits per heavy atom. The fourth-order valence-corrected chi connectivity index (χ4v) is 5.44. The Morgan fingerprint density at radius 3 is 2.24 bits per heavy atom. The van der Waals surface area contributed by atoms with E-state index in [1.54, 1.807) is 0 Å². The normalized spacial score (nSPS) is 21.7. The fraction of sp³-hybridized carbons (Fsp3) is 0.531. The Morgan fingerprint density at radius 2 is 1.57 bits per heavy atom. The van der Waals surface area contributed by atoms with Gasteiger partial charge in [0.05, 0.1) is 11.8 Å². The van der Waals surface area contributed by atoms with Gasteiger partial charge in [-0.2, -0.15) is 0 Å². The van der Waals surface area contributed by atoms with Crippen molar-refractivity contribution in [2.75, 3.05) is 44.6 Å². The Balaban J connectivity index is 1.30. The second-order valence-corrected chi connectivity index (χ2v) is 12.0. The lowest BCUT2D eigenvalue weighted by Gasteiger charge is -2.35. The zero-order valence-electron chi connectivity index (χ0n) is 27.6. The van der Waals surface area contributed by atoms with Crippen LogP contribution in [-0.2, 0) is 40.1 Å². The van der Waals surface area contributed by atoms with Gasteiger partial charge in [0.1, 0.15) is 18.5 Å². The van der Waals surface area contributed by atoms with Crippen molar-refractivity contribution >= 4 is 47.5 Å². The van der Waals surface area contributed by atoms with Crippen LogP contribution in [0.15, 0.2) is 30.4 Å². The molecule has 0 aliphatic carbocycles. The number of nitrogens with one attached hydrogen (secondary N) is 2. The van der Waals surface area contributed by atoms with E-state index in [2.05, 4.69) is 10.6 Å². The van der Waals surface area contributed by atoms with E-state index in [9.17, 15) is 48.9 Å². The van der Waals surface area contributed by atoms with Gasteiger partial charge >= 0.3 is 18.2 Å². The summed E-state index contributed by atoms with van der Waals surface area (Å²) in [7, 11) is 0. The van der Waals surface area contributed by atoms with Crippen LogP contribution in [0.2, 0.25) is 0 Å². The minimum atomic E-state index is -1.77. The molecule has 1 aromatic carbocycles. The maximum absolute atomic E-state index is 12.9. The molecule has 0 radical (unpaired) electrons. The Labute approximate surface area is 291 Å². The topological polar surface area (TPSA) is 262 Å². The molecule has 0 aromatic heterocycles. The molecule has 51 heavy (non-hydrogen) atoms. The monoisotopic (exact) mass is 719 g/mol. The van der Waals surface area contributed by atoms with Gasteiger partial charge < -0.3 is 55.1 Å². The van der Waals surface area contributed by atoms with E-state index in [0.29, 0.717) is 24.8 Å². The fourth-order valence-electron chi connectivity index (χ4n) is 5.44. The van der Waals surface area contributed by atoms with Crippen LogP contribution < -0.4 is 15.4 Å². The molecule has 1 aromatic rings. The number of unbranched alkanes of at least 4 members (excludes halogenated alkanes) is 2. The summed E-state index contributed by atoms with van der Waals surface area (Å²) in [6.07, 6.45) is -4.18. The first-order chi connectivity index (χ1) is 24.3. The summed E-state index contributed by atoms with van der Waals surface area (Å²) in [4.78, 5) is 87.3. The lowest BCUT2D eigenvalue weighted by atomic mass is 10.0. The zero-order chi connectivity index (χ0) is 37.1. The predicted octanol–water partition coefficient (Wildman–Crippen LogP) is -0.151. The molecule has 2 fully saturated rings. The predicted molar refractivity (Wildman–Crippen MR) is 172 cm³/mol. The molecular weight excluding hydrogens is 678 g/mol. The van der Waals surface area contributed by atoms with Crippen molar-refractivity contribution in [2.45, 2.75) is 69.7 Å². The maximum atomic E-state index is 12.9. The van der Waals surface area contributed by atoms with Crippen LogP contribution in [0, 0.1) is 0 Å². The summed E-state index contributed by atoms with van der Waals surface area (Å²) in [5, 5.41) is 43.9. The standard InChI is InChI=1S/C32H41N5O14/c38-21-17-27(51-29(28(21)43)30(44)45)50-22-6-5-19(18-49-32(48)36-14-12-35(13-15-36)31(46)47)16-20(22)34-24(40)9-10-33-23(39)4-2-1-3-11-37-25(41)7-8-26(37)42/h5-8,16,21,27-29,38,43H,1-4,9-15,17-18H2,(H,33,39)(H,34,40)(H,44,45)(H,46,47)/t21-,27-,28+,29+/m1/s1. The van der Waals surface area contributed by atoms with E-state index in [0.717, 1.165) is 4.90 Å². The number of hydrogen-bond acceptors (Lipinski definition) is 12. The third-order valence-corrected chi connectivity index (χ3v) is 8.29. The number of rotatable bonds is 15. The number of ether oxygens (including phenoxy) is 3. The number of carbonyl (C=O) groups is 7. The molecule has 278 valence electrons. The largest absolute Gasteiger partial charge is 0.479 e. The average molecular weight is 720 g/mol. The van der Waals surface area contributed by atoms with Gasteiger partial charge in [-0.05, 0) is 30.5 Å². The van der Waals surface area contributed by atoms with Crippen LogP contribution in [0.25, 0.3) is 0 Å². The average Bonchev–Trinajstić information content (AvgIpc) is 3.41. The van der Waals surface area contributed by atoms with E-state index in [-0.39, 0.29) is 94.3 Å². The molecule has 0 bridgehead atoms. The highest BCUT2D eigenvalue weighted by Gasteiger charge is 2.42. The summed E-state index contributed by atoms with van der Waals surface area (Å²) in [5.74, 6) is -3.05. The second-order valence-electron chi connectivity index (χ2n) is 12.0. The molecule has 3 aliphatic rings. The first-order valence-corrected chi connectivity index (χ1v) is 16.4. The third kappa shape index (κ3) is 11.1. The lowest BCUT2D eigenvalue weighted by molar-refractivity contribution is -0.228. The minimum Gasteiger partial charge on any atom is -0.479 e. The van der Waals surface area contributed by atoms with Crippen molar-refractivity contribution in [3.05, 3.63) is 35.9 Å². The quantitative estimate of drug-likeness (QED) is 0.102. The SMILES string of the molecule is O=C(CCCCCN1C(=O)C=CC1=O)NCCC(=O)Nc1cc(COC(=O)N2CCN(C(=O)O)CC2)ccc1O[C@H]1C[C@@H](O)[C@H](O)[C@@H](C(=O)O)O1. The van der Waals surface area contributed by atoms with Gasteiger partial charge in [-0.3, -0.25) is 24.1 Å². The van der Waals surface area contributed by atoms with Gasteiger partial charge in [-0.15, -0.1) is 0 Å². The highest BCUT2D eigenvalue weighted by Crippen LogP contribution is 2.31. The van der Waals surface area contributed by atoms with Gasteiger partial charge in [-0.1, -0.05) is 12.5 Å².